The van der Waals surface area contributed by atoms with Gasteiger partial charge in [0.05, 0.1) is 24.5 Å². The molecule has 20 heavy (non-hydrogen) atoms. The zero-order valence-corrected chi connectivity index (χ0v) is 11.6. The van der Waals surface area contributed by atoms with E-state index >= 15 is 0 Å². The summed E-state index contributed by atoms with van der Waals surface area (Å²) < 4.78 is 10.9. The molecule has 1 aliphatic heterocycles. The van der Waals surface area contributed by atoms with Crippen molar-refractivity contribution in [2.75, 3.05) is 6.61 Å². The van der Waals surface area contributed by atoms with Crippen LogP contribution in [0.3, 0.4) is 0 Å². The van der Waals surface area contributed by atoms with Gasteiger partial charge in [0.15, 0.2) is 5.82 Å². The zero-order valence-electron chi connectivity index (χ0n) is 11.6. The SMILES string of the molecule is CC(O)C(C)c1nc(C2CCOc3ccccc32)no1. The molecule has 0 saturated carbocycles. The summed E-state index contributed by atoms with van der Waals surface area (Å²) in [5.41, 5.74) is 1.09. The van der Waals surface area contributed by atoms with Gasteiger partial charge in [-0.2, -0.15) is 4.98 Å². The average molecular weight is 274 g/mol. The highest BCUT2D eigenvalue weighted by Gasteiger charge is 2.28. The molecule has 0 amide bonds. The number of aliphatic hydroxyl groups is 1. The normalized spacial score (nSPS) is 20.9. The third-order valence-electron chi connectivity index (χ3n) is 3.84. The zero-order chi connectivity index (χ0) is 14.1. The van der Waals surface area contributed by atoms with Gasteiger partial charge in [0.2, 0.25) is 5.89 Å². The van der Waals surface area contributed by atoms with Gasteiger partial charge in [-0.1, -0.05) is 30.3 Å². The number of hydrogen-bond donors (Lipinski definition) is 1. The van der Waals surface area contributed by atoms with Crippen molar-refractivity contribution in [3.63, 3.8) is 0 Å². The standard InChI is InChI=1S/C15H18N2O3/c1-9(10(2)18)15-16-14(17-20-15)12-7-8-19-13-6-4-3-5-11(12)13/h3-6,9-10,12,18H,7-8H2,1-2H3. The van der Waals surface area contributed by atoms with Gasteiger partial charge in [-0.3, -0.25) is 0 Å². The van der Waals surface area contributed by atoms with Crippen molar-refractivity contribution in [2.24, 2.45) is 0 Å². The third kappa shape index (κ3) is 2.29. The van der Waals surface area contributed by atoms with Crippen LogP contribution >= 0.6 is 0 Å². The largest absolute Gasteiger partial charge is 0.493 e. The molecular weight excluding hydrogens is 256 g/mol. The summed E-state index contributed by atoms with van der Waals surface area (Å²) in [7, 11) is 0. The average Bonchev–Trinajstić information content (AvgIpc) is 2.95. The van der Waals surface area contributed by atoms with E-state index < -0.39 is 6.10 Å². The van der Waals surface area contributed by atoms with E-state index in [1.165, 1.54) is 0 Å². The van der Waals surface area contributed by atoms with E-state index in [-0.39, 0.29) is 11.8 Å². The van der Waals surface area contributed by atoms with E-state index in [9.17, 15) is 5.11 Å². The van der Waals surface area contributed by atoms with E-state index in [0.29, 0.717) is 18.3 Å². The lowest BCUT2D eigenvalue weighted by atomic mass is 9.92. The first-order valence-electron chi connectivity index (χ1n) is 6.90. The van der Waals surface area contributed by atoms with Crippen LogP contribution in [0.5, 0.6) is 5.75 Å². The van der Waals surface area contributed by atoms with Crippen LogP contribution < -0.4 is 4.74 Å². The number of nitrogens with zero attached hydrogens (tertiary/aromatic N) is 2. The number of rotatable bonds is 3. The van der Waals surface area contributed by atoms with Crippen LogP contribution in [0.15, 0.2) is 28.8 Å². The minimum atomic E-state index is -0.509. The van der Waals surface area contributed by atoms with E-state index in [4.69, 9.17) is 9.26 Å². The second-order valence-corrected chi connectivity index (χ2v) is 5.25. The quantitative estimate of drug-likeness (QED) is 0.931. The first-order chi connectivity index (χ1) is 9.66. The summed E-state index contributed by atoms with van der Waals surface area (Å²) in [6.07, 6.45) is 0.323. The molecule has 1 aromatic carbocycles. The second kappa shape index (κ2) is 5.25. The monoisotopic (exact) mass is 274 g/mol. The Labute approximate surface area is 117 Å². The van der Waals surface area contributed by atoms with E-state index in [1.54, 1.807) is 6.92 Å². The minimum absolute atomic E-state index is 0.0960. The fraction of sp³-hybridized carbons (Fsp3) is 0.467. The smallest absolute Gasteiger partial charge is 0.232 e. The van der Waals surface area contributed by atoms with Gasteiger partial charge in [-0.05, 0) is 19.4 Å². The number of aromatic nitrogens is 2. The topological polar surface area (TPSA) is 68.4 Å². The molecule has 5 nitrogen and oxygen atoms in total. The number of benzene rings is 1. The highest BCUT2D eigenvalue weighted by Crippen LogP contribution is 2.37. The van der Waals surface area contributed by atoms with Crippen LogP contribution in [-0.2, 0) is 0 Å². The van der Waals surface area contributed by atoms with Crippen LogP contribution in [0.25, 0.3) is 0 Å². The molecule has 0 saturated heterocycles. The van der Waals surface area contributed by atoms with Gasteiger partial charge in [-0.15, -0.1) is 0 Å². The Morgan fingerprint density at radius 3 is 2.90 bits per heavy atom. The molecule has 5 heteroatoms. The first kappa shape index (κ1) is 13.1. The highest BCUT2D eigenvalue weighted by atomic mass is 16.5. The Hall–Kier alpha value is -1.88. The van der Waals surface area contributed by atoms with Crippen LogP contribution in [0, 0.1) is 0 Å². The van der Waals surface area contributed by atoms with Crippen LogP contribution in [0.2, 0.25) is 0 Å². The van der Waals surface area contributed by atoms with Crippen LogP contribution in [0.1, 0.15) is 49.4 Å². The molecule has 0 bridgehead atoms. The molecule has 3 rings (SSSR count). The minimum Gasteiger partial charge on any atom is -0.493 e. The number of aliphatic hydroxyl groups excluding tert-OH is 1. The molecule has 106 valence electrons. The maximum absolute atomic E-state index is 9.60. The molecule has 1 aromatic heterocycles. The van der Waals surface area contributed by atoms with Gasteiger partial charge in [0, 0.05) is 5.56 Å². The Morgan fingerprint density at radius 2 is 2.10 bits per heavy atom. The third-order valence-corrected chi connectivity index (χ3v) is 3.84. The molecule has 2 heterocycles. The molecule has 1 N–H and O–H groups in total. The van der Waals surface area contributed by atoms with Crippen molar-refractivity contribution in [1.29, 1.82) is 0 Å². The summed E-state index contributed by atoms with van der Waals surface area (Å²) in [6, 6.07) is 7.94. The molecule has 3 atom stereocenters. The number of para-hydroxylation sites is 1. The molecule has 0 fully saturated rings. The first-order valence-corrected chi connectivity index (χ1v) is 6.90. The molecule has 0 spiro atoms. The van der Waals surface area contributed by atoms with E-state index in [2.05, 4.69) is 10.1 Å². The Kier molecular flexibility index (Phi) is 3.44. The molecule has 1 aliphatic rings. The number of fused-ring (bicyclic) bond motifs is 1. The van der Waals surface area contributed by atoms with Crippen molar-refractivity contribution in [1.82, 2.24) is 10.1 Å². The van der Waals surface area contributed by atoms with Gasteiger partial charge in [0.25, 0.3) is 0 Å². The van der Waals surface area contributed by atoms with Crippen molar-refractivity contribution in [3.8, 4) is 5.75 Å². The van der Waals surface area contributed by atoms with E-state index in [0.717, 1.165) is 17.7 Å². The lowest BCUT2D eigenvalue weighted by Crippen LogP contribution is -2.16. The van der Waals surface area contributed by atoms with Gasteiger partial charge >= 0.3 is 0 Å². The Balaban J connectivity index is 1.91. The highest BCUT2D eigenvalue weighted by molar-refractivity contribution is 5.40. The predicted octanol–water partition coefficient (Wildman–Crippen LogP) is 2.47. The molecule has 3 unspecified atom stereocenters. The summed E-state index contributed by atoms with van der Waals surface area (Å²) in [4.78, 5) is 4.46. The van der Waals surface area contributed by atoms with E-state index in [1.807, 2.05) is 31.2 Å². The summed E-state index contributed by atoms with van der Waals surface area (Å²) >= 11 is 0. The Morgan fingerprint density at radius 1 is 1.30 bits per heavy atom. The van der Waals surface area contributed by atoms with Gasteiger partial charge in [0.1, 0.15) is 5.75 Å². The molecule has 0 aliphatic carbocycles. The van der Waals surface area contributed by atoms with Gasteiger partial charge in [-0.25, -0.2) is 0 Å². The predicted molar refractivity (Wildman–Crippen MR) is 72.8 cm³/mol. The van der Waals surface area contributed by atoms with Crippen LogP contribution in [0.4, 0.5) is 0 Å². The van der Waals surface area contributed by atoms with Crippen molar-refractivity contribution in [2.45, 2.75) is 38.2 Å². The lowest BCUT2D eigenvalue weighted by molar-refractivity contribution is 0.151. The summed E-state index contributed by atoms with van der Waals surface area (Å²) in [5, 5.41) is 13.7. The van der Waals surface area contributed by atoms with Crippen molar-refractivity contribution >= 4 is 0 Å². The molecule has 0 radical (unpaired) electrons. The summed E-state index contributed by atoms with van der Waals surface area (Å²) in [5.74, 6) is 1.98. The fourth-order valence-electron chi connectivity index (χ4n) is 2.39. The number of ether oxygens (including phenoxy) is 1. The lowest BCUT2D eigenvalue weighted by Gasteiger charge is -2.23. The maximum Gasteiger partial charge on any atom is 0.232 e. The summed E-state index contributed by atoms with van der Waals surface area (Å²) in [6.45, 7) is 4.25. The molecule has 2 aromatic rings. The van der Waals surface area contributed by atoms with Crippen molar-refractivity contribution in [3.05, 3.63) is 41.5 Å². The number of hydrogen-bond acceptors (Lipinski definition) is 5. The van der Waals surface area contributed by atoms with Crippen molar-refractivity contribution < 1.29 is 14.4 Å². The maximum atomic E-state index is 9.60. The molecular formula is C15H18N2O3. The van der Waals surface area contributed by atoms with Crippen LogP contribution in [-0.4, -0.2) is 28.0 Å². The second-order valence-electron chi connectivity index (χ2n) is 5.25. The van der Waals surface area contributed by atoms with Gasteiger partial charge < -0.3 is 14.4 Å². The Bertz CT molecular complexity index is 594. The fourth-order valence-corrected chi connectivity index (χ4v) is 2.39.